The van der Waals surface area contributed by atoms with Crippen molar-refractivity contribution in [1.29, 1.82) is 0 Å². The lowest BCUT2D eigenvalue weighted by atomic mass is 10.0. The van der Waals surface area contributed by atoms with Crippen LogP contribution >= 0.6 is 0 Å². The molecule has 1 saturated heterocycles. The van der Waals surface area contributed by atoms with Crippen molar-refractivity contribution in [2.75, 3.05) is 26.2 Å². The number of para-hydroxylation sites is 1. The number of aromatic nitrogens is 1. The van der Waals surface area contributed by atoms with Crippen molar-refractivity contribution < 1.29 is 9.53 Å². The molecule has 1 aromatic carbocycles. The van der Waals surface area contributed by atoms with Crippen LogP contribution in [0.15, 0.2) is 24.3 Å². The van der Waals surface area contributed by atoms with Gasteiger partial charge in [0.2, 0.25) is 5.91 Å². The molecule has 5 nitrogen and oxygen atoms in total. The number of H-pyrrole nitrogens is 1. The van der Waals surface area contributed by atoms with Gasteiger partial charge in [-0.25, -0.2) is 0 Å². The van der Waals surface area contributed by atoms with Crippen LogP contribution in [-0.2, 0) is 22.5 Å². The summed E-state index contributed by atoms with van der Waals surface area (Å²) >= 11 is 0. The third-order valence-corrected chi connectivity index (χ3v) is 5.09. The monoisotopic (exact) mass is 327 g/mol. The van der Waals surface area contributed by atoms with Crippen molar-refractivity contribution in [3.05, 3.63) is 35.5 Å². The maximum atomic E-state index is 12.8. The molecule has 1 amide bonds. The van der Waals surface area contributed by atoms with Gasteiger partial charge >= 0.3 is 0 Å². The molecule has 3 heterocycles. The molecule has 0 saturated carbocycles. The number of amides is 1. The van der Waals surface area contributed by atoms with Gasteiger partial charge in [-0.05, 0) is 19.9 Å². The van der Waals surface area contributed by atoms with E-state index in [2.05, 4.69) is 41.9 Å². The van der Waals surface area contributed by atoms with Crippen molar-refractivity contribution in [3.63, 3.8) is 0 Å². The van der Waals surface area contributed by atoms with Crippen molar-refractivity contribution in [2.45, 2.75) is 39.0 Å². The molecule has 5 heteroatoms. The van der Waals surface area contributed by atoms with E-state index < -0.39 is 0 Å². The predicted molar refractivity (Wildman–Crippen MR) is 93.9 cm³/mol. The Hall–Kier alpha value is -1.85. The van der Waals surface area contributed by atoms with Crippen LogP contribution in [0.2, 0.25) is 0 Å². The van der Waals surface area contributed by atoms with Gasteiger partial charge in [-0.3, -0.25) is 9.69 Å². The fourth-order valence-electron chi connectivity index (χ4n) is 4.08. The third-order valence-electron chi connectivity index (χ3n) is 5.09. The Labute approximate surface area is 142 Å². The highest BCUT2D eigenvalue weighted by atomic mass is 16.5. The van der Waals surface area contributed by atoms with Crippen LogP contribution in [0, 0.1) is 0 Å². The molecule has 0 aliphatic carbocycles. The Morgan fingerprint density at radius 1 is 1.25 bits per heavy atom. The zero-order valence-corrected chi connectivity index (χ0v) is 14.4. The molecule has 2 aliphatic rings. The van der Waals surface area contributed by atoms with Gasteiger partial charge < -0.3 is 14.6 Å². The Balaban J connectivity index is 1.47. The van der Waals surface area contributed by atoms with E-state index in [1.54, 1.807) is 0 Å². The van der Waals surface area contributed by atoms with E-state index in [9.17, 15) is 4.79 Å². The van der Waals surface area contributed by atoms with Crippen LogP contribution in [-0.4, -0.2) is 59.1 Å². The fourth-order valence-corrected chi connectivity index (χ4v) is 4.08. The minimum absolute atomic E-state index is 0.197. The molecule has 1 fully saturated rings. The standard InChI is InChI=1S/C19H25N3O2/c1-13-9-21(10-14(2)24-13)12-19(23)22-8-7-18-16(11-22)15-5-3-4-6-17(15)20-18/h3-6,13-14,20H,7-12H2,1-2H3/t13-,14-/m0/s1. The maximum Gasteiger partial charge on any atom is 0.237 e. The molecular weight excluding hydrogens is 302 g/mol. The molecule has 0 unspecified atom stereocenters. The second-order valence-electron chi connectivity index (χ2n) is 7.14. The van der Waals surface area contributed by atoms with Crippen molar-refractivity contribution in [3.8, 4) is 0 Å². The first kappa shape index (κ1) is 15.7. The first-order valence-corrected chi connectivity index (χ1v) is 8.84. The Morgan fingerprint density at radius 3 is 2.79 bits per heavy atom. The molecule has 0 bridgehead atoms. The number of benzene rings is 1. The minimum Gasteiger partial charge on any atom is -0.373 e. The van der Waals surface area contributed by atoms with Crippen LogP contribution in [0.5, 0.6) is 0 Å². The number of hydrogen-bond donors (Lipinski definition) is 1. The summed E-state index contributed by atoms with van der Waals surface area (Å²) in [5.41, 5.74) is 3.75. The molecule has 1 aromatic heterocycles. The summed E-state index contributed by atoms with van der Waals surface area (Å²) in [6.45, 7) is 7.83. The third kappa shape index (κ3) is 2.94. The highest BCUT2D eigenvalue weighted by Gasteiger charge is 2.28. The van der Waals surface area contributed by atoms with Gasteiger partial charge in [-0.2, -0.15) is 0 Å². The van der Waals surface area contributed by atoms with Gasteiger partial charge in [0.25, 0.3) is 0 Å². The number of carbonyl (C=O) groups is 1. The van der Waals surface area contributed by atoms with E-state index in [0.717, 1.165) is 26.1 Å². The van der Waals surface area contributed by atoms with E-state index in [4.69, 9.17) is 4.74 Å². The number of ether oxygens (including phenoxy) is 1. The Kier molecular flexibility index (Phi) is 4.06. The lowest BCUT2D eigenvalue weighted by Gasteiger charge is -2.36. The average Bonchev–Trinajstić information content (AvgIpc) is 2.91. The molecule has 2 aliphatic heterocycles. The number of nitrogens with zero attached hydrogens (tertiary/aromatic N) is 2. The number of rotatable bonds is 2. The second kappa shape index (κ2) is 6.22. The number of carbonyl (C=O) groups excluding carboxylic acids is 1. The summed E-state index contributed by atoms with van der Waals surface area (Å²) in [5.74, 6) is 0.229. The molecule has 2 atom stereocenters. The predicted octanol–water partition coefficient (Wildman–Crippen LogP) is 2.16. The summed E-state index contributed by atoms with van der Waals surface area (Å²) in [6, 6.07) is 8.36. The average molecular weight is 327 g/mol. The topological polar surface area (TPSA) is 48.6 Å². The van der Waals surface area contributed by atoms with Gasteiger partial charge in [0, 0.05) is 54.8 Å². The molecule has 2 aromatic rings. The highest BCUT2D eigenvalue weighted by molar-refractivity contribution is 5.86. The largest absolute Gasteiger partial charge is 0.373 e. The minimum atomic E-state index is 0.197. The Morgan fingerprint density at radius 2 is 2.00 bits per heavy atom. The molecule has 4 rings (SSSR count). The molecule has 1 N–H and O–H groups in total. The zero-order valence-electron chi connectivity index (χ0n) is 14.4. The smallest absolute Gasteiger partial charge is 0.237 e. The summed E-state index contributed by atoms with van der Waals surface area (Å²) < 4.78 is 5.76. The summed E-state index contributed by atoms with van der Waals surface area (Å²) in [7, 11) is 0. The summed E-state index contributed by atoms with van der Waals surface area (Å²) in [6.07, 6.45) is 1.30. The highest BCUT2D eigenvalue weighted by Crippen LogP contribution is 2.27. The van der Waals surface area contributed by atoms with E-state index in [-0.39, 0.29) is 18.1 Å². The van der Waals surface area contributed by atoms with Crippen molar-refractivity contribution in [2.24, 2.45) is 0 Å². The van der Waals surface area contributed by atoms with E-state index in [1.807, 2.05) is 11.0 Å². The zero-order chi connectivity index (χ0) is 16.7. The quantitative estimate of drug-likeness (QED) is 0.919. The first-order valence-electron chi connectivity index (χ1n) is 8.84. The lowest BCUT2D eigenvalue weighted by Crippen LogP contribution is -2.50. The normalized spacial score (nSPS) is 25.0. The van der Waals surface area contributed by atoms with Gasteiger partial charge in [0.15, 0.2) is 0 Å². The maximum absolute atomic E-state index is 12.8. The molecule has 0 spiro atoms. The summed E-state index contributed by atoms with van der Waals surface area (Å²) in [4.78, 5) is 20.5. The van der Waals surface area contributed by atoms with Crippen molar-refractivity contribution >= 4 is 16.8 Å². The van der Waals surface area contributed by atoms with Crippen LogP contribution < -0.4 is 0 Å². The number of nitrogens with one attached hydrogen (secondary N) is 1. The van der Waals surface area contributed by atoms with Gasteiger partial charge in [0.05, 0.1) is 18.8 Å². The van der Waals surface area contributed by atoms with Crippen LogP contribution in [0.1, 0.15) is 25.1 Å². The molecule has 128 valence electrons. The van der Waals surface area contributed by atoms with Crippen molar-refractivity contribution in [1.82, 2.24) is 14.8 Å². The Bertz CT molecular complexity index is 744. The second-order valence-corrected chi connectivity index (χ2v) is 7.14. The van der Waals surface area contributed by atoms with E-state index in [1.165, 1.54) is 22.2 Å². The van der Waals surface area contributed by atoms with Gasteiger partial charge in [-0.15, -0.1) is 0 Å². The number of morpholine rings is 1. The lowest BCUT2D eigenvalue weighted by molar-refractivity contribution is -0.136. The number of aromatic amines is 1. The number of hydrogen-bond acceptors (Lipinski definition) is 3. The summed E-state index contributed by atoms with van der Waals surface area (Å²) in [5, 5.41) is 1.25. The molecule has 0 radical (unpaired) electrons. The van der Waals surface area contributed by atoms with Gasteiger partial charge in [-0.1, -0.05) is 18.2 Å². The van der Waals surface area contributed by atoms with Crippen LogP contribution in [0.3, 0.4) is 0 Å². The van der Waals surface area contributed by atoms with E-state index >= 15 is 0 Å². The number of fused-ring (bicyclic) bond motifs is 3. The van der Waals surface area contributed by atoms with Crippen LogP contribution in [0.25, 0.3) is 10.9 Å². The van der Waals surface area contributed by atoms with E-state index in [0.29, 0.717) is 13.1 Å². The SMILES string of the molecule is C[C@H]1CN(CC(=O)N2CCc3[nH]c4ccccc4c3C2)C[C@H](C)O1. The first-order chi connectivity index (χ1) is 11.6. The molecule has 24 heavy (non-hydrogen) atoms. The van der Waals surface area contributed by atoms with Gasteiger partial charge in [0.1, 0.15) is 0 Å². The fraction of sp³-hybridized carbons (Fsp3) is 0.526. The molecular formula is C19H25N3O2. The van der Waals surface area contributed by atoms with Crippen LogP contribution in [0.4, 0.5) is 0 Å².